The quantitative estimate of drug-likeness (QED) is 0.611. The number of hydrogen-bond donors (Lipinski definition) is 1. The summed E-state index contributed by atoms with van der Waals surface area (Å²) in [6.07, 6.45) is 1.44. The summed E-state index contributed by atoms with van der Waals surface area (Å²) in [5.74, 6) is -0.447. The molecular formula is C20H16N2O5S. The van der Waals surface area contributed by atoms with E-state index in [9.17, 15) is 20.0 Å². The van der Waals surface area contributed by atoms with Crippen molar-refractivity contribution in [3.05, 3.63) is 53.1 Å². The van der Waals surface area contributed by atoms with Crippen LogP contribution in [0.5, 0.6) is 11.5 Å². The molecule has 0 aliphatic carbocycles. The number of rotatable bonds is 5. The summed E-state index contributed by atoms with van der Waals surface area (Å²) in [5, 5.41) is 19.0. The minimum Gasteiger partial charge on any atom is -0.493 e. The first kappa shape index (κ1) is 19.3. The predicted molar refractivity (Wildman–Crippen MR) is 105 cm³/mol. The fourth-order valence-electron chi connectivity index (χ4n) is 2.85. The number of thioether (sulfide) groups is 1. The lowest BCUT2D eigenvalue weighted by molar-refractivity contribution is -0.114. The Bertz CT molecular complexity index is 1030. The third kappa shape index (κ3) is 3.52. The maximum Gasteiger partial charge on any atom is 0.337 e. The van der Waals surface area contributed by atoms with E-state index in [1.807, 2.05) is 6.07 Å². The number of amides is 1. The van der Waals surface area contributed by atoms with Crippen LogP contribution in [0.15, 0.2) is 46.9 Å². The van der Waals surface area contributed by atoms with E-state index >= 15 is 0 Å². The normalized spacial score (nSPS) is 12.9. The van der Waals surface area contributed by atoms with Gasteiger partial charge < -0.3 is 14.6 Å². The molecule has 28 heavy (non-hydrogen) atoms. The van der Waals surface area contributed by atoms with Crippen LogP contribution in [0.2, 0.25) is 0 Å². The highest BCUT2D eigenvalue weighted by atomic mass is 32.2. The van der Waals surface area contributed by atoms with E-state index < -0.39 is 11.9 Å². The predicted octanol–water partition coefficient (Wildman–Crippen LogP) is 3.41. The van der Waals surface area contributed by atoms with Gasteiger partial charge in [0, 0.05) is 4.90 Å². The minimum absolute atomic E-state index is 0.0271. The lowest BCUT2D eigenvalue weighted by Crippen LogP contribution is -2.30. The van der Waals surface area contributed by atoms with Gasteiger partial charge in [-0.2, -0.15) is 5.26 Å². The molecule has 0 saturated heterocycles. The average Bonchev–Trinajstić information content (AvgIpc) is 3.15. The second-order valence-corrected chi connectivity index (χ2v) is 6.74. The monoisotopic (exact) mass is 396 g/mol. The first-order chi connectivity index (χ1) is 13.5. The molecule has 142 valence electrons. The molecule has 0 unspecified atom stereocenters. The standard InChI is InChI=1S/C20H16N2O5S/c1-26-15-7-6-12(9-16(15)27-2)8-13(10-21)19(23)22-11-28-17-5-3-4-14(18(17)22)20(24)25/h3-9H,11H2,1-2H3,(H,24,25)/b13-8+. The molecule has 1 heterocycles. The number of benzene rings is 2. The first-order valence-electron chi connectivity index (χ1n) is 8.15. The Morgan fingerprint density at radius 3 is 2.61 bits per heavy atom. The molecule has 1 amide bonds. The molecule has 1 N–H and O–H groups in total. The third-order valence-electron chi connectivity index (χ3n) is 4.16. The van der Waals surface area contributed by atoms with Crippen LogP contribution in [0.25, 0.3) is 6.08 Å². The van der Waals surface area contributed by atoms with Gasteiger partial charge in [0.15, 0.2) is 11.5 Å². The molecular weight excluding hydrogens is 380 g/mol. The van der Waals surface area contributed by atoms with Gasteiger partial charge in [-0.3, -0.25) is 9.69 Å². The van der Waals surface area contributed by atoms with Crippen molar-refractivity contribution in [1.82, 2.24) is 0 Å². The number of carboxylic acid groups (broad SMARTS) is 1. The topological polar surface area (TPSA) is 99.9 Å². The Morgan fingerprint density at radius 2 is 1.96 bits per heavy atom. The fraction of sp³-hybridized carbons (Fsp3) is 0.150. The largest absolute Gasteiger partial charge is 0.493 e. The number of para-hydroxylation sites is 1. The number of methoxy groups -OCH3 is 2. The van der Waals surface area contributed by atoms with Crippen molar-refractivity contribution in [2.75, 3.05) is 25.0 Å². The molecule has 0 bridgehead atoms. The minimum atomic E-state index is -1.13. The first-order valence-corrected chi connectivity index (χ1v) is 9.13. The zero-order valence-corrected chi connectivity index (χ0v) is 15.9. The van der Waals surface area contributed by atoms with Gasteiger partial charge in [-0.1, -0.05) is 12.1 Å². The highest BCUT2D eigenvalue weighted by molar-refractivity contribution is 8.00. The van der Waals surface area contributed by atoms with Crippen LogP contribution >= 0.6 is 11.8 Å². The van der Waals surface area contributed by atoms with Gasteiger partial charge >= 0.3 is 5.97 Å². The van der Waals surface area contributed by atoms with E-state index in [1.54, 1.807) is 30.3 Å². The molecule has 2 aromatic carbocycles. The smallest absolute Gasteiger partial charge is 0.337 e. The molecule has 3 rings (SSSR count). The van der Waals surface area contributed by atoms with Crippen molar-refractivity contribution in [3.63, 3.8) is 0 Å². The van der Waals surface area contributed by atoms with Crippen LogP contribution in [0, 0.1) is 11.3 Å². The van der Waals surface area contributed by atoms with Crippen LogP contribution in [-0.4, -0.2) is 37.1 Å². The Hall–Kier alpha value is -3.44. The van der Waals surface area contributed by atoms with Crippen LogP contribution < -0.4 is 14.4 Å². The van der Waals surface area contributed by atoms with E-state index in [1.165, 1.54) is 43.0 Å². The maximum absolute atomic E-state index is 13.0. The summed E-state index contributed by atoms with van der Waals surface area (Å²) >= 11 is 1.35. The van der Waals surface area contributed by atoms with E-state index in [0.29, 0.717) is 27.6 Å². The number of fused-ring (bicyclic) bond motifs is 1. The molecule has 0 spiro atoms. The van der Waals surface area contributed by atoms with Gasteiger partial charge in [0.05, 0.1) is 31.3 Å². The van der Waals surface area contributed by atoms with Gasteiger partial charge in [-0.05, 0) is 35.9 Å². The van der Waals surface area contributed by atoms with Crippen molar-refractivity contribution >= 4 is 35.4 Å². The zero-order chi connectivity index (χ0) is 20.3. The molecule has 8 heteroatoms. The van der Waals surface area contributed by atoms with Gasteiger partial charge in [-0.15, -0.1) is 11.8 Å². The molecule has 2 aromatic rings. The SMILES string of the molecule is COc1ccc(/C=C(\C#N)C(=O)N2CSc3cccc(C(=O)O)c32)cc1OC. The fourth-order valence-corrected chi connectivity index (χ4v) is 3.89. The molecule has 0 aromatic heterocycles. The van der Waals surface area contributed by atoms with Gasteiger partial charge in [0.25, 0.3) is 5.91 Å². The Balaban J connectivity index is 1.98. The Kier molecular flexibility index (Phi) is 5.57. The number of ether oxygens (including phenoxy) is 2. The van der Waals surface area contributed by atoms with Crippen LogP contribution in [0.1, 0.15) is 15.9 Å². The van der Waals surface area contributed by atoms with Crippen molar-refractivity contribution in [2.45, 2.75) is 4.90 Å². The second-order valence-electron chi connectivity index (χ2n) is 5.75. The molecule has 0 atom stereocenters. The number of aromatic carboxylic acids is 1. The Labute approximate surface area is 165 Å². The Morgan fingerprint density at radius 1 is 1.21 bits per heavy atom. The third-order valence-corrected chi connectivity index (χ3v) is 5.19. The van der Waals surface area contributed by atoms with E-state index in [0.717, 1.165) is 0 Å². The molecule has 7 nitrogen and oxygen atoms in total. The summed E-state index contributed by atoms with van der Waals surface area (Å²) in [4.78, 5) is 26.5. The van der Waals surface area contributed by atoms with Gasteiger partial charge in [0.1, 0.15) is 11.6 Å². The number of anilines is 1. The average molecular weight is 396 g/mol. The highest BCUT2D eigenvalue weighted by Gasteiger charge is 2.31. The lowest BCUT2D eigenvalue weighted by Gasteiger charge is -2.17. The summed E-state index contributed by atoms with van der Waals surface area (Å²) in [5.41, 5.74) is 0.819. The number of nitriles is 1. The van der Waals surface area contributed by atoms with Crippen molar-refractivity contribution in [2.24, 2.45) is 0 Å². The van der Waals surface area contributed by atoms with Gasteiger partial charge in [-0.25, -0.2) is 4.79 Å². The van der Waals surface area contributed by atoms with E-state index in [-0.39, 0.29) is 17.0 Å². The van der Waals surface area contributed by atoms with E-state index in [2.05, 4.69) is 0 Å². The lowest BCUT2D eigenvalue weighted by atomic mass is 10.1. The van der Waals surface area contributed by atoms with Crippen molar-refractivity contribution < 1.29 is 24.2 Å². The number of hydrogen-bond acceptors (Lipinski definition) is 6. The van der Waals surface area contributed by atoms with Crippen LogP contribution in [0.4, 0.5) is 5.69 Å². The van der Waals surface area contributed by atoms with Crippen molar-refractivity contribution in [1.29, 1.82) is 5.26 Å². The summed E-state index contributed by atoms with van der Waals surface area (Å²) in [7, 11) is 3.01. The van der Waals surface area contributed by atoms with Gasteiger partial charge in [0.2, 0.25) is 0 Å². The van der Waals surface area contributed by atoms with E-state index in [4.69, 9.17) is 9.47 Å². The summed E-state index contributed by atoms with van der Waals surface area (Å²) in [6.45, 7) is 0. The number of carboxylic acids is 1. The zero-order valence-electron chi connectivity index (χ0n) is 15.1. The molecule has 1 aliphatic rings. The summed E-state index contributed by atoms with van der Waals surface area (Å²) < 4.78 is 10.4. The maximum atomic E-state index is 13.0. The molecule has 0 radical (unpaired) electrons. The molecule has 0 saturated carbocycles. The van der Waals surface area contributed by atoms with Crippen LogP contribution in [-0.2, 0) is 4.79 Å². The number of carbonyl (C=O) groups is 2. The van der Waals surface area contributed by atoms with Crippen molar-refractivity contribution in [3.8, 4) is 17.6 Å². The summed E-state index contributed by atoms with van der Waals surface area (Å²) in [6, 6.07) is 11.8. The second kappa shape index (κ2) is 8.06. The highest BCUT2D eigenvalue weighted by Crippen LogP contribution is 2.41. The number of carbonyl (C=O) groups excluding carboxylic acids is 1. The number of nitrogens with zero attached hydrogens (tertiary/aromatic N) is 2. The van der Waals surface area contributed by atoms with Crippen LogP contribution in [0.3, 0.4) is 0 Å². The molecule has 0 fully saturated rings. The molecule has 1 aliphatic heterocycles.